The second-order valence-corrected chi connectivity index (χ2v) is 5.84. The van der Waals surface area contributed by atoms with Crippen molar-refractivity contribution in [2.45, 2.75) is 63.3 Å². The van der Waals surface area contributed by atoms with E-state index in [1.54, 1.807) is 0 Å². The highest BCUT2D eigenvalue weighted by atomic mass is 16.4. The first-order valence-corrected chi connectivity index (χ1v) is 7.36. The Morgan fingerprint density at radius 3 is 2.26 bits per heavy atom. The molecule has 0 heterocycles. The van der Waals surface area contributed by atoms with E-state index in [2.05, 4.69) is 5.32 Å². The van der Waals surface area contributed by atoms with E-state index in [0.29, 0.717) is 18.8 Å². The lowest BCUT2D eigenvalue weighted by atomic mass is 9.81. The number of carbonyl (C=O) groups is 2. The molecule has 106 valence electrons. The molecule has 2 aliphatic carbocycles. The van der Waals surface area contributed by atoms with Crippen LogP contribution in [-0.4, -0.2) is 22.5 Å². The van der Waals surface area contributed by atoms with E-state index < -0.39 is 11.5 Å². The number of carbonyl (C=O) groups excluding carboxylic acids is 1. The van der Waals surface area contributed by atoms with Crippen molar-refractivity contribution in [2.24, 2.45) is 5.92 Å². The average Bonchev–Trinajstić information content (AvgIpc) is 2.90. The molecular formula is C15H23NO3. The van der Waals surface area contributed by atoms with Gasteiger partial charge >= 0.3 is 5.97 Å². The summed E-state index contributed by atoms with van der Waals surface area (Å²) in [4.78, 5) is 23.3. The van der Waals surface area contributed by atoms with E-state index in [0.717, 1.165) is 32.1 Å². The van der Waals surface area contributed by atoms with Gasteiger partial charge in [-0.05, 0) is 37.7 Å². The lowest BCUT2D eigenvalue weighted by Crippen LogP contribution is -2.55. The SMILES string of the molecule is O=C(C=CC1CCCC1)NC1(C(=O)O)CCCCC1. The Morgan fingerprint density at radius 1 is 1.05 bits per heavy atom. The highest BCUT2D eigenvalue weighted by Gasteiger charge is 2.40. The molecule has 2 saturated carbocycles. The molecule has 0 atom stereocenters. The summed E-state index contributed by atoms with van der Waals surface area (Å²) < 4.78 is 0. The van der Waals surface area contributed by atoms with Crippen LogP contribution in [0, 0.1) is 5.92 Å². The summed E-state index contributed by atoms with van der Waals surface area (Å²) in [6.07, 6.45) is 12.1. The molecule has 0 aromatic heterocycles. The summed E-state index contributed by atoms with van der Waals surface area (Å²) in [5.41, 5.74) is -1.03. The zero-order chi connectivity index (χ0) is 13.7. The second kappa shape index (κ2) is 6.22. The Bertz CT molecular complexity index is 364. The van der Waals surface area contributed by atoms with Crippen LogP contribution in [0.4, 0.5) is 0 Å². The van der Waals surface area contributed by atoms with Crippen molar-refractivity contribution in [3.05, 3.63) is 12.2 Å². The molecule has 2 fully saturated rings. The summed E-state index contributed by atoms with van der Waals surface area (Å²) in [6, 6.07) is 0. The fourth-order valence-corrected chi connectivity index (χ4v) is 3.20. The van der Waals surface area contributed by atoms with E-state index in [9.17, 15) is 14.7 Å². The minimum atomic E-state index is -1.03. The van der Waals surface area contributed by atoms with Crippen LogP contribution in [-0.2, 0) is 9.59 Å². The standard InChI is InChI=1S/C15H23NO3/c17-13(9-8-12-6-2-3-7-12)16-15(14(18)19)10-4-1-5-11-15/h8-9,12H,1-7,10-11H2,(H,16,17)(H,18,19). The highest BCUT2D eigenvalue weighted by molar-refractivity contribution is 5.93. The third-order valence-corrected chi connectivity index (χ3v) is 4.40. The Balaban J connectivity index is 1.93. The van der Waals surface area contributed by atoms with Crippen LogP contribution < -0.4 is 5.32 Å². The van der Waals surface area contributed by atoms with Crippen molar-refractivity contribution in [1.82, 2.24) is 5.32 Å². The second-order valence-electron chi connectivity index (χ2n) is 5.84. The van der Waals surface area contributed by atoms with Crippen molar-refractivity contribution in [3.63, 3.8) is 0 Å². The molecule has 1 amide bonds. The average molecular weight is 265 g/mol. The van der Waals surface area contributed by atoms with Gasteiger partial charge in [-0.1, -0.05) is 38.2 Å². The quantitative estimate of drug-likeness (QED) is 0.768. The van der Waals surface area contributed by atoms with Gasteiger partial charge in [-0.25, -0.2) is 4.79 Å². The Morgan fingerprint density at radius 2 is 1.68 bits per heavy atom. The number of hydrogen-bond donors (Lipinski definition) is 2. The summed E-state index contributed by atoms with van der Waals surface area (Å²) in [7, 11) is 0. The van der Waals surface area contributed by atoms with Gasteiger partial charge in [0.05, 0.1) is 0 Å². The molecule has 0 aliphatic heterocycles. The van der Waals surface area contributed by atoms with Gasteiger partial charge in [-0.2, -0.15) is 0 Å². The molecule has 0 spiro atoms. The number of amides is 1. The smallest absolute Gasteiger partial charge is 0.329 e. The maximum absolute atomic E-state index is 11.9. The molecule has 0 radical (unpaired) electrons. The van der Waals surface area contributed by atoms with Crippen LogP contribution in [0.2, 0.25) is 0 Å². The van der Waals surface area contributed by atoms with Crippen LogP contribution >= 0.6 is 0 Å². The molecule has 19 heavy (non-hydrogen) atoms. The minimum Gasteiger partial charge on any atom is -0.480 e. The summed E-state index contributed by atoms with van der Waals surface area (Å²) in [6.45, 7) is 0. The number of nitrogens with one attached hydrogen (secondary N) is 1. The van der Waals surface area contributed by atoms with Crippen LogP contribution in [0.3, 0.4) is 0 Å². The van der Waals surface area contributed by atoms with Gasteiger partial charge in [0.15, 0.2) is 0 Å². The van der Waals surface area contributed by atoms with Crippen molar-refractivity contribution in [1.29, 1.82) is 0 Å². The summed E-state index contributed by atoms with van der Waals surface area (Å²) in [5, 5.41) is 12.1. The number of hydrogen-bond acceptors (Lipinski definition) is 2. The number of aliphatic carboxylic acids is 1. The van der Waals surface area contributed by atoms with Gasteiger partial charge in [0.1, 0.15) is 5.54 Å². The first kappa shape index (κ1) is 14.1. The molecule has 4 nitrogen and oxygen atoms in total. The van der Waals surface area contributed by atoms with Crippen molar-refractivity contribution in [3.8, 4) is 0 Å². The van der Waals surface area contributed by atoms with Crippen LogP contribution in [0.1, 0.15) is 57.8 Å². The fourth-order valence-electron chi connectivity index (χ4n) is 3.20. The van der Waals surface area contributed by atoms with Crippen LogP contribution in [0.25, 0.3) is 0 Å². The van der Waals surface area contributed by atoms with Crippen molar-refractivity contribution >= 4 is 11.9 Å². The number of allylic oxidation sites excluding steroid dienone is 1. The van der Waals surface area contributed by atoms with Crippen LogP contribution in [0.15, 0.2) is 12.2 Å². The lowest BCUT2D eigenvalue weighted by Gasteiger charge is -2.33. The first-order chi connectivity index (χ1) is 9.12. The molecule has 2 N–H and O–H groups in total. The van der Waals surface area contributed by atoms with Gasteiger partial charge in [0, 0.05) is 0 Å². The predicted octanol–water partition coefficient (Wildman–Crippen LogP) is 2.64. The predicted molar refractivity (Wildman–Crippen MR) is 72.7 cm³/mol. The molecule has 2 aliphatic rings. The largest absolute Gasteiger partial charge is 0.480 e. The summed E-state index contributed by atoms with van der Waals surface area (Å²) in [5.74, 6) is -0.649. The van der Waals surface area contributed by atoms with Crippen molar-refractivity contribution < 1.29 is 14.7 Å². The highest BCUT2D eigenvalue weighted by Crippen LogP contribution is 2.29. The fraction of sp³-hybridized carbons (Fsp3) is 0.733. The van der Waals surface area contributed by atoms with E-state index in [-0.39, 0.29) is 5.91 Å². The number of carboxylic acids is 1. The van der Waals surface area contributed by atoms with E-state index in [1.165, 1.54) is 18.9 Å². The molecule has 0 aromatic rings. The molecule has 0 bridgehead atoms. The maximum Gasteiger partial charge on any atom is 0.329 e. The summed E-state index contributed by atoms with van der Waals surface area (Å²) >= 11 is 0. The maximum atomic E-state index is 11.9. The lowest BCUT2D eigenvalue weighted by molar-refractivity contribution is -0.148. The topological polar surface area (TPSA) is 66.4 Å². The van der Waals surface area contributed by atoms with Crippen molar-refractivity contribution in [2.75, 3.05) is 0 Å². The van der Waals surface area contributed by atoms with Gasteiger partial charge in [0.2, 0.25) is 5.91 Å². The molecule has 0 saturated heterocycles. The molecular weight excluding hydrogens is 242 g/mol. The van der Waals surface area contributed by atoms with Crippen LogP contribution in [0.5, 0.6) is 0 Å². The van der Waals surface area contributed by atoms with Gasteiger partial charge in [-0.3, -0.25) is 4.79 Å². The monoisotopic (exact) mass is 265 g/mol. The molecule has 2 rings (SSSR count). The third-order valence-electron chi connectivity index (χ3n) is 4.40. The first-order valence-electron chi connectivity index (χ1n) is 7.36. The zero-order valence-corrected chi connectivity index (χ0v) is 11.4. The Kier molecular flexibility index (Phi) is 4.61. The molecule has 4 heteroatoms. The Hall–Kier alpha value is -1.32. The zero-order valence-electron chi connectivity index (χ0n) is 11.4. The third kappa shape index (κ3) is 3.58. The number of rotatable bonds is 4. The normalized spacial score (nSPS) is 23.6. The van der Waals surface area contributed by atoms with E-state index in [4.69, 9.17) is 0 Å². The van der Waals surface area contributed by atoms with Gasteiger partial charge in [0.25, 0.3) is 0 Å². The number of carboxylic acid groups (broad SMARTS) is 1. The van der Waals surface area contributed by atoms with Gasteiger partial charge in [-0.15, -0.1) is 0 Å². The molecule has 0 aromatic carbocycles. The van der Waals surface area contributed by atoms with Gasteiger partial charge < -0.3 is 10.4 Å². The minimum absolute atomic E-state index is 0.254. The molecule has 0 unspecified atom stereocenters. The Labute approximate surface area is 114 Å². The van der Waals surface area contributed by atoms with E-state index in [1.807, 2.05) is 6.08 Å². The van der Waals surface area contributed by atoms with E-state index >= 15 is 0 Å².